The molecule has 1 saturated carbocycles. The molecule has 1 heterocycles. The third-order valence-corrected chi connectivity index (χ3v) is 2.85. The molecule has 0 aromatic carbocycles. The van der Waals surface area contributed by atoms with E-state index in [-0.39, 0.29) is 6.10 Å². The minimum absolute atomic E-state index is 0.106. The molecule has 0 amide bonds. The number of nitrogens with zero attached hydrogens (tertiary/aromatic N) is 3. The van der Waals surface area contributed by atoms with Crippen molar-refractivity contribution < 1.29 is 5.11 Å². The van der Waals surface area contributed by atoms with Crippen LogP contribution in [0.2, 0.25) is 0 Å². The first-order valence-corrected chi connectivity index (χ1v) is 5.21. The van der Waals surface area contributed by atoms with E-state index in [1.165, 1.54) is 11.5 Å². The average Bonchev–Trinajstić information content (AvgIpc) is 2.62. The Bertz CT molecular complexity index is 245. The number of aliphatic hydroxyl groups excluding tert-OH is 1. The number of aromatic nitrogens is 3. The van der Waals surface area contributed by atoms with Gasteiger partial charge >= 0.3 is 0 Å². The SMILES string of the molecule is OC1CCC(Nc2nnns2)CC1. The summed E-state index contributed by atoms with van der Waals surface area (Å²) in [6.07, 6.45) is 3.65. The molecule has 72 valence electrons. The van der Waals surface area contributed by atoms with Gasteiger partial charge in [-0.3, -0.25) is 0 Å². The van der Waals surface area contributed by atoms with Crippen molar-refractivity contribution in [2.45, 2.75) is 37.8 Å². The van der Waals surface area contributed by atoms with Gasteiger partial charge in [0.15, 0.2) is 0 Å². The molecular weight excluding hydrogens is 188 g/mol. The molecule has 5 nitrogen and oxygen atoms in total. The lowest BCUT2D eigenvalue weighted by atomic mass is 9.93. The first kappa shape index (κ1) is 8.83. The van der Waals surface area contributed by atoms with Gasteiger partial charge in [-0.15, -0.1) is 0 Å². The van der Waals surface area contributed by atoms with Gasteiger partial charge in [-0.25, -0.2) is 0 Å². The lowest BCUT2D eigenvalue weighted by molar-refractivity contribution is 0.126. The number of aliphatic hydroxyl groups is 1. The first-order chi connectivity index (χ1) is 6.34. The van der Waals surface area contributed by atoms with Crippen LogP contribution in [0.3, 0.4) is 0 Å². The summed E-state index contributed by atoms with van der Waals surface area (Å²) in [6, 6.07) is 0.429. The maximum Gasteiger partial charge on any atom is 0.225 e. The highest BCUT2D eigenvalue weighted by molar-refractivity contribution is 7.09. The largest absolute Gasteiger partial charge is 0.393 e. The lowest BCUT2D eigenvalue weighted by Gasteiger charge is -2.25. The monoisotopic (exact) mass is 200 g/mol. The second kappa shape index (κ2) is 3.97. The van der Waals surface area contributed by atoms with Gasteiger partial charge in [0.25, 0.3) is 0 Å². The molecule has 0 atom stereocenters. The summed E-state index contributed by atoms with van der Waals surface area (Å²) < 4.78 is 3.67. The van der Waals surface area contributed by atoms with Crippen LogP contribution >= 0.6 is 11.5 Å². The van der Waals surface area contributed by atoms with Crippen LogP contribution in [0.15, 0.2) is 0 Å². The maximum atomic E-state index is 9.29. The Kier molecular flexibility index (Phi) is 2.70. The first-order valence-electron chi connectivity index (χ1n) is 4.44. The third kappa shape index (κ3) is 2.35. The highest BCUT2D eigenvalue weighted by Gasteiger charge is 2.19. The topological polar surface area (TPSA) is 70.9 Å². The Morgan fingerprint density at radius 2 is 2.08 bits per heavy atom. The molecular formula is C7H12N4OS. The van der Waals surface area contributed by atoms with Crippen LogP contribution in [0.25, 0.3) is 0 Å². The zero-order valence-corrected chi connectivity index (χ0v) is 8.00. The molecule has 0 bridgehead atoms. The van der Waals surface area contributed by atoms with E-state index in [1.54, 1.807) is 0 Å². The van der Waals surface area contributed by atoms with Crippen LogP contribution in [0.5, 0.6) is 0 Å². The second-order valence-corrected chi connectivity index (χ2v) is 4.05. The Balaban J connectivity index is 1.83. The number of hydrogen-bond donors (Lipinski definition) is 2. The smallest absolute Gasteiger partial charge is 0.225 e. The number of nitrogens with one attached hydrogen (secondary N) is 1. The normalized spacial score (nSPS) is 28.7. The Morgan fingerprint density at radius 3 is 2.69 bits per heavy atom. The van der Waals surface area contributed by atoms with Crippen molar-refractivity contribution >= 4 is 16.7 Å². The molecule has 1 aliphatic rings. The highest BCUT2D eigenvalue weighted by Crippen LogP contribution is 2.21. The standard InChI is InChI=1S/C7H12N4OS/c12-6-3-1-5(2-4-6)8-7-9-10-11-13-7/h5-6,12H,1-4H2,(H,8,9,11). The van der Waals surface area contributed by atoms with Gasteiger partial charge < -0.3 is 10.4 Å². The van der Waals surface area contributed by atoms with Gasteiger partial charge in [0.1, 0.15) is 0 Å². The van der Waals surface area contributed by atoms with Crippen LogP contribution in [-0.2, 0) is 0 Å². The van der Waals surface area contributed by atoms with E-state index in [4.69, 9.17) is 0 Å². The molecule has 6 heteroatoms. The van der Waals surface area contributed by atoms with Crippen LogP contribution < -0.4 is 5.32 Å². The molecule has 1 fully saturated rings. The lowest BCUT2D eigenvalue weighted by Crippen LogP contribution is -2.28. The highest BCUT2D eigenvalue weighted by atomic mass is 32.1. The van der Waals surface area contributed by atoms with Crippen molar-refractivity contribution in [2.75, 3.05) is 5.32 Å². The molecule has 0 aliphatic heterocycles. The molecule has 1 aliphatic carbocycles. The van der Waals surface area contributed by atoms with Crippen LogP contribution in [-0.4, -0.2) is 32.1 Å². The fourth-order valence-electron chi connectivity index (χ4n) is 1.58. The van der Waals surface area contributed by atoms with Crippen molar-refractivity contribution in [3.05, 3.63) is 0 Å². The summed E-state index contributed by atoms with van der Waals surface area (Å²) in [5, 5.41) is 20.6. The third-order valence-electron chi connectivity index (χ3n) is 2.32. The van der Waals surface area contributed by atoms with Crippen molar-refractivity contribution in [3.8, 4) is 0 Å². The number of rotatable bonds is 2. The summed E-state index contributed by atoms with van der Waals surface area (Å²) >= 11 is 1.27. The minimum Gasteiger partial charge on any atom is -0.393 e. The molecule has 13 heavy (non-hydrogen) atoms. The van der Waals surface area contributed by atoms with E-state index in [1.807, 2.05) is 0 Å². The fourth-order valence-corrected chi connectivity index (χ4v) is 2.03. The maximum absolute atomic E-state index is 9.29. The van der Waals surface area contributed by atoms with Crippen molar-refractivity contribution in [2.24, 2.45) is 0 Å². The molecule has 0 spiro atoms. The predicted molar refractivity (Wildman–Crippen MR) is 49.6 cm³/mol. The number of hydrogen-bond acceptors (Lipinski definition) is 6. The summed E-state index contributed by atoms with van der Waals surface area (Å²) in [7, 11) is 0. The van der Waals surface area contributed by atoms with E-state index in [0.717, 1.165) is 30.8 Å². The van der Waals surface area contributed by atoms with Gasteiger partial charge in [0.05, 0.1) is 6.10 Å². The summed E-state index contributed by atoms with van der Waals surface area (Å²) in [5.41, 5.74) is 0. The van der Waals surface area contributed by atoms with E-state index in [2.05, 4.69) is 20.1 Å². The quantitative estimate of drug-likeness (QED) is 0.733. The average molecular weight is 200 g/mol. The van der Waals surface area contributed by atoms with E-state index in [9.17, 15) is 5.11 Å². The predicted octanol–water partition coefficient (Wildman–Crippen LogP) is 0.648. The molecule has 0 unspecified atom stereocenters. The van der Waals surface area contributed by atoms with Crippen LogP contribution in [0.4, 0.5) is 5.13 Å². The molecule has 2 N–H and O–H groups in total. The summed E-state index contributed by atoms with van der Waals surface area (Å²) in [4.78, 5) is 0. The second-order valence-electron chi connectivity index (χ2n) is 3.32. The fraction of sp³-hybridized carbons (Fsp3) is 0.857. The zero-order valence-electron chi connectivity index (χ0n) is 7.18. The van der Waals surface area contributed by atoms with E-state index in [0.29, 0.717) is 6.04 Å². The van der Waals surface area contributed by atoms with Gasteiger partial charge in [0, 0.05) is 17.6 Å². The Hall–Kier alpha value is -0.750. The minimum atomic E-state index is -0.106. The van der Waals surface area contributed by atoms with Gasteiger partial charge in [-0.2, -0.15) is 0 Å². The molecule has 2 rings (SSSR count). The van der Waals surface area contributed by atoms with Crippen LogP contribution in [0.1, 0.15) is 25.7 Å². The summed E-state index contributed by atoms with van der Waals surface area (Å²) in [6.45, 7) is 0. The Morgan fingerprint density at radius 1 is 1.31 bits per heavy atom. The zero-order chi connectivity index (χ0) is 9.10. The summed E-state index contributed by atoms with van der Waals surface area (Å²) in [5.74, 6) is 0. The van der Waals surface area contributed by atoms with E-state index >= 15 is 0 Å². The van der Waals surface area contributed by atoms with Gasteiger partial charge in [-0.05, 0) is 30.9 Å². The Labute approximate surface area is 80.3 Å². The molecule has 1 aromatic heterocycles. The van der Waals surface area contributed by atoms with Crippen molar-refractivity contribution in [3.63, 3.8) is 0 Å². The molecule has 0 radical (unpaired) electrons. The molecule has 0 saturated heterocycles. The van der Waals surface area contributed by atoms with E-state index < -0.39 is 0 Å². The van der Waals surface area contributed by atoms with Gasteiger partial charge in [-0.1, -0.05) is 9.59 Å². The van der Waals surface area contributed by atoms with Gasteiger partial charge in [0.2, 0.25) is 5.13 Å². The van der Waals surface area contributed by atoms with Crippen molar-refractivity contribution in [1.82, 2.24) is 14.8 Å². The molecule has 1 aromatic rings. The number of anilines is 1. The van der Waals surface area contributed by atoms with Crippen LogP contribution in [0, 0.1) is 0 Å². The van der Waals surface area contributed by atoms with Crippen molar-refractivity contribution in [1.29, 1.82) is 0 Å².